The van der Waals surface area contributed by atoms with E-state index in [1.165, 1.54) is 11.1 Å². The van der Waals surface area contributed by atoms with Crippen LogP contribution in [0.25, 0.3) is 5.69 Å². The lowest BCUT2D eigenvalue weighted by Gasteiger charge is -2.32. The Labute approximate surface area is 150 Å². The zero-order valence-electron chi connectivity index (χ0n) is 15.5. The van der Waals surface area contributed by atoms with Crippen molar-refractivity contribution in [3.8, 4) is 5.69 Å². The molecule has 136 valence electrons. The Balaban J connectivity index is 1.59. The van der Waals surface area contributed by atoms with Crippen LogP contribution in [0.2, 0.25) is 0 Å². The molecule has 0 amide bonds. The molecule has 2 aromatic rings. The normalized spacial score (nSPS) is 18.8. The molecule has 2 heterocycles. The van der Waals surface area contributed by atoms with E-state index in [0.717, 1.165) is 45.0 Å². The number of aromatic nitrogens is 2. The van der Waals surface area contributed by atoms with Gasteiger partial charge >= 0.3 is 0 Å². The van der Waals surface area contributed by atoms with Crippen LogP contribution in [0.15, 0.2) is 36.7 Å². The van der Waals surface area contributed by atoms with Crippen molar-refractivity contribution in [2.24, 2.45) is 0 Å². The van der Waals surface area contributed by atoms with Gasteiger partial charge in [-0.2, -0.15) is 5.10 Å². The molecule has 0 saturated carbocycles. The van der Waals surface area contributed by atoms with Crippen LogP contribution in [0.3, 0.4) is 0 Å². The molecule has 3 rings (SSSR count). The Morgan fingerprint density at radius 3 is 2.80 bits per heavy atom. The van der Waals surface area contributed by atoms with Crippen LogP contribution in [-0.4, -0.2) is 54.2 Å². The number of hydrogen-bond acceptors (Lipinski definition) is 4. The van der Waals surface area contributed by atoms with Gasteiger partial charge in [0.05, 0.1) is 24.6 Å². The monoisotopic (exact) mass is 343 g/mol. The lowest BCUT2D eigenvalue weighted by atomic mass is 10.0. The summed E-state index contributed by atoms with van der Waals surface area (Å²) in [5.74, 6) is 0.551. The predicted molar refractivity (Wildman–Crippen MR) is 99.2 cm³/mol. The summed E-state index contributed by atoms with van der Waals surface area (Å²) >= 11 is 0. The molecular weight excluding hydrogens is 314 g/mol. The second-order valence-electron chi connectivity index (χ2n) is 7.05. The molecule has 1 aromatic heterocycles. The molecule has 1 aliphatic heterocycles. The highest BCUT2D eigenvalue weighted by atomic mass is 16.5. The van der Waals surface area contributed by atoms with Gasteiger partial charge in [0.15, 0.2) is 0 Å². The number of benzene rings is 1. The lowest BCUT2D eigenvalue weighted by molar-refractivity contribution is -0.0432. The smallest absolute Gasteiger partial charge is 0.0724 e. The minimum absolute atomic E-state index is 0.271. The van der Waals surface area contributed by atoms with Gasteiger partial charge < -0.3 is 9.47 Å². The Morgan fingerprint density at radius 2 is 2.08 bits per heavy atom. The fourth-order valence-corrected chi connectivity index (χ4v) is 3.20. The van der Waals surface area contributed by atoms with Gasteiger partial charge in [0.25, 0.3) is 0 Å². The average Bonchev–Trinajstić information content (AvgIpc) is 3.09. The summed E-state index contributed by atoms with van der Waals surface area (Å²) in [5, 5.41) is 4.53. The van der Waals surface area contributed by atoms with Crippen molar-refractivity contribution in [2.75, 3.05) is 33.4 Å². The van der Waals surface area contributed by atoms with Crippen molar-refractivity contribution in [1.29, 1.82) is 0 Å². The highest BCUT2D eigenvalue weighted by Crippen LogP contribution is 2.18. The molecule has 1 saturated heterocycles. The van der Waals surface area contributed by atoms with Crippen molar-refractivity contribution in [1.82, 2.24) is 14.7 Å². The van der Waals surface area contributed by atoms with Crippen LogP contribution in [-0.2, 0) is 16.0 Å². The third-order valence-corrected chi connectivity index (χ3v) is 4.73. The predicted octanol–water partition coefficient (Wildman–Crippen LogP) is 3.23. The van der Waals surface area contributed by atoms with E-state index in [9.17, 15) is 0 Å². The van der Waals surface area contributed by atoms with Crippen LogP contribution < -0.4 is 0 Å². The number of rotatable bonds is 7. The molecule has 1 aliphatic rings. The largest absolute Gasteiger partial charge is 0.385 e. The van der Waals surface area contributed by atoms with Gasteiger partial charge in [-0.05, 0) is 30.0 Å². The summed E-state index contributed by atoms with van der Waals surface area (Å²) in [6.07, 6.45) is 5.32. The van der Waals surface area contributed by atoms with E-state index in [4.69, 9.17) is 9.47 Å². The summed E-state index contributed by atoms with van der Waals surface area (Å²) < 4.78 is 12.9. The quantitative estimate of drug-likeness (QED) is 0.774. The first kappa shape index (κ1) is 18.1. The van der Waals surface area contributed by atoms with Gasteiger partial charge in [-0.25, -0.2) is 4.68 Å². The second-order valence-corrected chi connectivity index (χ2v) is 7.05. The van der Waals surface area contributed by atoms with Gasteiger partial charge in [0.1, 0.15) is 0 Å². The molecule has 1 unspecified atom stereocenters. The summed E-state index contributed by atoms with van der Waals surface area (Å²) in [5.41, 5.74) is 3.70. The Kier molecular flexibility index (Phi) is 6.24. The van der Waals surface area contributed by atoms with Crippen LogP contribution >= 0.6 is 0 Å². The van der Waals surface area contributed by atoms with Gasteiger partial charge in [-0.15, -0.1) is 0 Å². The average molecular weight is 343 g/mol. The van der Waals surface area contributed by atoms with Crippen LogP contribution in [0, 0.1) is 0 Å². The highest BCUT2D eigenvalue weighted by molar-refractivity contribution is 5.35. The van der Waals surface area contributed by atoms with Crippen molar-refractivity contribution in [3.05, 3.63) is 47.8 Å². The number of methoxy groups -OCH3 is 1. The molecule has 0 bridgehead atoms. The molecule has 1 aromatic carbocycles. The third kappa shape index (κ3) is 4.91. The Morgan fingerprint density at radius 1 is 1.28 bits per heavy atom. The zero-order valence-corrected chi connectivity index (χ0v) is 15.5. The number of morpholine rings is 1. The van der Waals surface area contributed by atoms with Gasteiger partial charge in [-0.3, -0.25) is 4.90 Å². The maximum atomic E-state index is 5.81. The van der Waals surface area contributed by atoms with Crippen LogP contribution in [0.1, 0.15) is 37.3 Å². The summed E-state index contributed by atoms with van der Waals surface area (Å²) in [6, 6.07) is 8.65. The summed E-state index contributed by atoms with van der Waals surface area (Å²) in [7, 11) is 1.74. The maximum absolute atomic E-state index is 5.81. The first-order chi connectivity index (χ1) is 12.2. The Bertz CT molecular complexity index is 651. The first-order valence-electron chi connectivity index (χ1n) is 9.12. The fourth-order valence-electron chi connectivity index (χ4n) is 3.20. The minimum Gasteiger partial charge on any atom is -0.385 e. The zero-order chi connectivity index (χ0) is 17.6. The maximum Gasteiger partial charge on any atom is 0.0724 e. The minimum atomic E-state index is 0.271. The molecule has 5 nitrogen and oxygen atoms in total. The van der Waals surface area contributed by atoms with Gasteiger partial charge in [0, 0.05) is 45.1 Å². The molecule has 0 N–H and O–H groups in total. The van der Waals surface area contributed by atoms with Crippen molar-refractivity contribution >= 4 is 0 Å². The molecule has 0 aliphatic carbocycles. The standard InChI is InChI=1S/C20H29N3O2/c1-16(2)18-4-6-19(7-5-18)23-14-17(12-21-23)13-22-9-11-25-20(15-22)8-10-24-3/h4-7,12,14,16,20H,8-11,13,15H2,1-3H3. The number of ether oxygens (including phenoxy) is 2. The van der Waals surface area contributed by atoms with Crippen LogP contribution in [0.4, 0.5) is 0 Å². The topological polar surface area (TPSA) is 39.5 Å². The van der Waals surface area contributed by atoms with E-state index in [1.54, 1.807) is 7.11 Å². The Hall–Kier alpha value is -1.69. The summed E-state index contributed by atoms with van der Waals surface area (Å²) in [4.78, 5) is 2.44. The van der Waals surface area contributed by atoms with E-state index in [-0.39, 0.29) is 6.10 Å². The van der Waals surface area contributed by atoms with E-state index >= 15 is 0 Å². The number of nitrogens with zero attached hydrogens (tertiary/aromatic N) is 3. The van der Waals surface area contributed by atoms with Crippen molar-refractivity contribution in [3.63, 3.8) is 0 Å². The van der Waals surface area contributed by atoms with E-state index in [1.807, 2.05) is 10.9 Å². The van der Waals surface area contributed by atoms with E-state index < -0.39 is 0 Å². The molecular formula is C20H29N3O2. The van der Waals surface area contributed by atoms with Crippen molar-refractivity contribution in [2.45, 2.75) is 38.8 Å². The van der Waals surface area contributed by atoms with E-state index in [2.05, 4.69) is 54.3 Å². The first-order valence-corrected chi connectivity index (χ1v) is 9.12. The molecule has 1 atom stereocenters. The molecule has 5 heteroatoms. The molecule has 0 radical (unpaired) electrons. The van der Waals surface area contributed by atoms with Crippen LogP contribution in [0.5, 0.6) is 0 Å². The fraction of sp³-hybridized carbons (Fsp3) is 0.550. The third-order valence-electron chi connectivity index (χ3n) is 4.73. The summed E-state index contributed by atoms with van der Waals surface area (Å²) in [6.45, 7) is 8.81. The molecule has 0 spiro atoms. The highest BCUT2D eigenvalue weighted by Gasteiger charge is 2.20. The lowest BCUT2D eigenvalue weighted by Crippen LogP contribution is -2.42. The molecule has 1 fully saturated rings. The van der Waals surface area contributed by atoms with Crippen molar-refractivity contribution < 1.29 is 9.47 Å². The SMILES string of the molecule is COCCC1CN(Cc2cnn(-c3ccc(C(C)C)cc3)c2)CCO1. The van der Waals surface area contributed by atoms with Gasteiger partial charge in [-0.1, -0.05) is 26.0 Å². The number of hydrogen-bond donors (Lipinski definition) is 0. The van der Waals surface area contributed by atoms with Gasteiger partial charge in [0.2, 0.25) is 0 Å². The molecule has 25 heavy (non-hydrogen) atoms. The second kappa shape index (κ2) is 8.61. The van der Waals surface area contributed by atoms with E-state index in [0.29, 0.717) is 5.92 Å².